The minimum Gasteiger partial charge on any atom is -0.507 e. The molecule has 0 bridgehead atoms. The van der Waals surface area contributed by atoms with Crippen LogP contribution in [0.15, 0.2) is 30.3 Å². The van der Waals surface area contributed by atoms with Crippen molar-refractivity contribution in [1.82, 2.24) is 10.2 Å². The molecule has 0 unspecified atom stereocenters. The van der Waals surface area contributed by atoms with Crippen molar-refractivity contribution in [2.45, 2.75) is 53.5 Å². The van der Waals surface area contributed by atoms with E-state index >= 15 is 0 Å². The highest BCUT2D eigenvalue weighted by Gasteiger charge is 2.20. The van der Waals surface area contributed by atoms with Crippen LogP contribution in [0.3, 0.4) is 0 Å². The Morgan fingerprint density at radius 3 is 2.48 bits per heavy atom. The molecule has 1 aromatic heterocycles. The van der Waals surface area contributed by atoms with Gasteiger partial charge >= 0.3 is 0 Å². The first-order chi connectivity index (χ1) is 14.8. The van der Waals surface area contributed by atoms with E-state index in [4.69, 9.17) is 17.0 Å². The van der Waals surface area contributed by atoms with Gasteiger partial charge < -0.3 is 14.7 Å². The fraction of sp³-hybridized carbons (Fsp3) is 0.400. The van der Waals surface area contributed by atoms with Crippen LogP contribution in [-0.2, 0) is 6.42 Å². The third-order valence-corrected chi connectivity index (χ3v) is 6.05. The summed E-state index contributed by atoms with van der Waals surface area (Å²) in [6, 6.07) is 10.4. The highest BCUT2D eigenvalue weighted by atomic mass is 32.1. The van der Waals surface area contributed by atoms with Gasteiger partial charge in [0.2, 0.25) is 0 Å². The largest absolute Gasteiger partial charge is 0.507 e. The lowest BCUT2D eigenvalue weighted by molar-refractivity contribution is 0.413. The molecule has 0 atom stereocenters. The number of ether oxygens (including phenoxy) is 1. The minimum absolute atomic E-state index is 0.240. The van der Waals surface area contributed by atoms with Crippen LogP contribution in [0.2, 0.25) is 0 Å². The van der Waals surface area contributed by atoms with Crippen molar-refractivity contribution in [2.24, 2.45) is 0 Å². The molecule has 0 amide bonds. The first-order valence-corrected chi connectivity index (χ1v) is 11.3. The SMILES string of the molecule is CCCN(c1cc(-c2c(-c3cc(CC)c(C)cc3O)[nH][nH]c2=S)ccc1OC)C(C)C. The summed E-state index contributed by atoms with van der Waals surface area (Å²) in [6.45, 7) is 11.6. The molecule has 0 aliphatic heterocycles. The van der Waals surface area contributed by atoms with Gasteiger partial charge in [-0.2, -0.15) is 0 Å². The van der Waals surface area contributed by atoms with E-state index in [2.05, 4.69) is 48.9 Å². The summed E-state index contributed by atoms with van der Waals surface area (Å²) in [6.07, 6.45) is 1.94. The Bertz CT molecular complexity index is 1110. The van der Waals surface area contributed by atoms with Crippen LogP contribution in [0, 0.1) is 11.6 Å². The zero-order valence-corrected chi connectivity index (χ0v) is 20.1. The van der Waals surface area contributed by atoms with E-state index < -0.39 is 0 Å². The molecule has 0 spiro atoms. The monoisotopic (exact) mass is 439 g/mol. The third-order valence-electron chi connectivity index (χ3n) is 5.75. The number of aryl methyl sites for hydroxylation is 2. The lowest BCUT2D eigenvalue weighted by Gasteiger charge is -2.30. The number of anilines is 1. The first kappa shape index (κ1) is 22.9. The van der Waals surface area contributed by atoms with Crippen LogP contribution < -0.4 is 9.64 Å². The number of benzene rings is 2. The van der Waals surface area contributed by atoms with Gasteiger partial charge in [0.25, 0.3) is 0 Å². The predicted molar refractivity (Wildman–Crippen MR) is 132 cm³/mol. The molecule has 1 heterocycles. The number of nitrogens with zero attached hydrogens (tertiary/aromatic N) is 1. The maximum atomic E-state index is 10.7. The number of H-pyrrole nitrogens is 2. The molecule has 0 fully saturated rings. The maximum absolute atomic E-state index is 10.7. The Kier molecular flexibility index (Phi) is 7.11. The van der Waals surface area contributed by atoms with Crippen molar-refractivity contribution in [1.29, 1.82) is 0 Å². The molecule has 6 heteroatoms. The number of phenols is 1. The second-order valence-corrected chi connectivity index (χ2v) is 8.56. The fourth-order valence-corrected chi connectivity index (χ4v) is 4.39. The number of rotatable bonds is 8. The Morgan fingerprint density at radius 2 is 1.87 bits per heavy atom. The zero-order valence-electron chi connectivity index (χ0n) is 19.3. The van der Waals surface area contributed by atoms with E-state index in [-0.39, 0.29) is 5.75 Å². The molecule has 0 radical (unpaired) electrons. The average molecular weight is 440 g/mol. The maximum Gasteiger partial charge on any atom is 0.142 e. The van der Waals surface area contributed by atoms with Gasteiger partial charge in [-0.3, -0.25) is 10.2 Å². The van der Waals surface area contributed by atoms with Crippen molar-refractivity contribution >= 4 is 17.9 Å². The van der Waals surface area contributed by atoms with Crippen molar-refractivity contribution in [3.63, 3.8) is 0 Å². The third kappa shape index (κ3) is 4.49. The molecule has 0 saturated carbocycles. The highest BCUT2D eigenvalue weighted by molar-refractivity contribution is 7.71. The van der Waals surface area contributed by atoms with Crippen LogP contribution in [0.5, 0.6) is 11.5 Å². The summed E-state index contributed by atoms with van der Waals surface area (Å²) < 4.78 is 6.29. The van der Waals surface area contributed by atoms with Gasteiger partial charge in [-0.1, -0.05) is 32.1 Å². The van der Waals surface area contributed by atoms with Gasteiger partial charge in [-0.05, 0) is 74.6 Å². The number of phenolic OH excluding ortho intramolecular Hbond substituents is 1. The number of hydrogen-bond acceptors (Lipinski definition) is 4. The molecule has 166 valence electrons. The summed E-state index contributed by atoms with van der Waals surface area (Å²) in [5.41, 5.74) is 6.72. The Balaban J connectivity index is 2.21. The van der Waals surface area contributed by atoms with Gasteiger partial charge in [0, 0.05) is 23.7 Å². The van der Waals surface area contributed by atoms with E-state index in [0.29, 0.717) is 10.7 Å². The molecular weight excluding hydrogens is 406 g/mol. The number of aromatic nitrogens is 2. The van der Waals surface area contributed by atoms with Gasteiger partial charge in [0.1, 0.15) is 16.1 Å². The van der Waals surface area contributed by atoms with Crippen LogP contribution in [0.25, 0.3) is 22.4 Å². The lowest BCUT2D eigenvalue weighted by Crippen LogP contribution is -2.31. The summed E-state index contributed by atoms with van der Waals surface area (Å²) >= 11 is 5.64. The molecule has 3 aromatic rings. The molecule has 0 aliphatic carbocycles. The number of aromatic amines is 2. The Labute approximate surface area is 190 Å². The van der Waals surface area contributed by atoms with E-state index in [9.17, 15) is 5.11 Å². The summed E-state index contributed by atoms with van der Waals surface area (Å²) in [5.74, 6) is 1.08. The number of hydrogen-bond donors (Lipinski definition) is 3. The van der Waals surface area contributed by atoms with Crippen LogP contribution >= 0.6 is 12.2 Å². The molecule has 5 nitrogen and oxygen atoms in total. The van der Waals surface area contributed by atoms with E-state index in [0.717, 1.165) is 58.8 Å². The smallest absolute Gasteiger partial charge is 0.142 e. The van der Waals surface area contributed by atoms with Gasteiger partial charge in [0.15, 0.2) is 0 Å². The molecule has 3 N–H and O–H groups in total. The van der Waals surface area contributed by atoms with E-state index in [1.165, 1.54) is 5.56 Å². The molecular formula is C25H33N3O2S. The van der Waals surface area contributed by atoms with E-state index in [1.54, 1.807) is 7.11 Å². The number of aromatic hydroxyl groups is 1. The van der Waals surface area contributed by atoms with Gasteiger partial charge in [-0.15, -0.1) is 0 Å². The highest BCUT2D eigenvalue weighted by Crippen LogP contribution is 2.41. The van der Waals surface area contributed by atoms with Crippen molar-refractivity contribution in [3.8, 4) is 33.9 Å². The van der Waals surface area contributed by atoms with Crippen molar-refractivity contribution in [2.75, 3.05) is 18.6 Å². The van der Waals surface area contributed by atoms with Gasteiger partial charge in [0.05, 0.1) is 18.5 Å². The molecule has 0 saturated heterocycles. The Morgan fingerprint density at radius 1 is 1.13 bits per heavy atom. The van der Waals surface area contributed by atoms with Crippen LogP contribution in [0.4, 0.5) is 5.69 Å². The summed E-state index contributed by atoms with van der Waals surface area (Å²) in [4.78, 5) is 2.35. The molecule has 2 aromatic carbocycles. The predicted octanol–water partition coefficient (Wildman–Crippen LogP) is 6.62. The standard InChI is InChI=1S/C25H33N3O2S/c1-7-11-28(15(3)4)20-14-18(9-10-22(20)30-6)23-24(26-27-25(23)31)19-13-17(8-2)16(5)12-21(19)29/h9-10,12-15,29H,7-8,11H2,1-6H3,(H2,26,27,31). The zero-order chi connectivity index (χ0) is 22.7. The summed E-state index contributed by atoms with van der Waals surface area (Å²) in [5, 5.41) is 17.0. The van der Waals surface area contributed by atoms with Crippen molar-refractivity contribution < 1.29 is 9.84 Å². The molecule has 3 rings (SSSR count). The van der Waals surface area contributed by atoms with Gasteiger partial charge in [-0.25, -0.2) is 0 Å². The number of nitrogens with one attached hydrogen (secondary N) is 2. The minimum atomic E-state index is 0.240. The molecule has 31 heavy (non-hydrogen) atoms. The second-order valence-electron chi connectivity index (χ2n) is 8.15. The van der Waals surface area contributed by atoms with Crippen LogP contribution in [0.1, 0.15) is 45.2 Å². The van der Waals surface area contributed by atoms with Crippen molar-refractivity contribution in [3.05, 3.63) is 46.1 Å². The number of methoxy groups -OCH3 is 1. The summed E-state index contributed by atoms with van der Waals surface area (Å²) in [7, 11) is 1.70. The quantitative estimate of drug-likeness (QED) is 0.345. The second kappa shape index (κ2) is 9.60. The topological polar surface area (TPSA) is 64.3 Å². The average Bonchev–Trinajstić information content (AvgIpc) is 3.12. The normalized spacial score (nSPS) is 11.2. The van der Waals surface area contributed by atoms with E-state index in [1.807, 2.05) is 31.2 Å². The van der Waals surface area contributed by atoms with Crippen LogP contribution in [-0.4, -0.2) is 35.0 Å². The molecule has 0 aliphatic rings. The Hall–Kier alpha value is -2.73. The first-order valence-electron chi connectivity index (χ1n) is 10.9. The lowest BCUT2D eigenvalue weighted by atomic mass is 9.96. The fourth-order valence-electron chi connectivity index (χ4n) is 4.12.